The van der Waals surface area contributed by atoms with E-state index in [0.717, 1.165) is 24.7 Å². The SMILES string of the molecule is CS(=O)(=O)N1CCCC[C@H]1C(=O)NC/C=C\c1ccccc1. The Kier molecular flexibility index (Phi) is 5.74. The molecule has 0 aliphatic carbocycles. The van der Waals surface area contributed by atoms with E-state index in [1.807, 2.05) is 42.5 Å². The van der Waals surface area contributed by atoms with Crippen LogP contribution in [0.1, 0.15) is 24.8 Å². The van der Waals surface area contributed by atoms with Gasteiger partial charge in [0.25, 0.3) is 0 Å². The van der Waals surface area contributed by atoms with E-state index in [1.165, 1.54) is 4.31 Å². The zero-order valence-electron chi connectivity index (χ0n) is 12.7. The van der Waals surface area contributed by atoms with E-state index in [2.05, 4.69) is 5.32 Å². The Bertz CT molecular complexity index is 626. The lowest BCUT2D eigenvalue weighted by Gasteiger charge is -2.32. The molecule has 1 aliphatic heterocycles. The van der Waals surface area contributed by atoms with Crippen molar-refractivity contribution in [3.05, 3.63) is 42.0 Å². The standard InChI is InChI=1S/C16H22N2O3S/c1-22(20,21)18-13-6-5-11-15(18)16(19)17-12-7-10-14-8-3-2-4-9-14/h2-4,7-10,15H,5-6,11-13H2,1H3,(H,17,19)/b10-7-/t15-/m0/s1. The first-order valence-electron chi connectivity index (χ1n) is 7.44. The minimum atomic E-state index is -3.34. The number of carbonyl (C=O) groups is 1. The largest absolute Gasteiger partial charge is 0.351 e. The minimum absolute atomic E-state index is 0.220. The van der Waals surface area contributed by atoms with Gasteiger partial charge in [0.2, 0.25) is 15.9 Å². The summed E-state index contributed by atoms with van der Waals surface area (Å²) in [5.74, 6) is -0.220. The Morgan fingerprint density at radius 3 is 2.73 bits per heavy atom. The number of nitrogens with zero attached hydrogens (tertiary/aromatic N) is 1. The van der Waals surface area contributed by atoms with Gasteiger partial charge in [-0.05, 0) is 18.4 Å². The van der Waals surface area contributed by atoms with Crippen LogP contribution in [0.2, 0.25) is 0 Å². The topological polar surface area (TPSA) is 66.5 Å². The van der Waals surface area contributed by atoms with Crippen molar-refractivity contribution in [1.82, 2.24) is 9.62 Å². The summed E-state index contributed by atoms with van der Waals surface area (Å²) >= 11 is 0. The van der Waals surface area contributed by atoms with Gasteiger partial charge in [-0.3, -0.25) is 4.79 Å². The van der Waals surface area contributed by atoms with E-state index < -0.39 is 16.1 Å². The van der Waals surface area contributed by atoms with Crippen LogP contribution >= 0.6 is 0 Å². The number of nitrogens with one attached hydrogen (secondary N) is 1. The van der Waals surface area contributed by atoms with Gasteiger partial charge in [0.1, 0.15) is 6.04 Å². The molecule has 1 heterocycles. The van der Waals surface area contributed by atoms with Gasteiger partial charge in [0.15, 0.2) is 0 Å². The molecule has 6 heteroatoms. The van der Waals surface area contributed by atoms with Crippen molar-refractivity contribution in [2.24, 2.45) is 0 Å². The van der Waals surface area contributed by atoms with Crippen LogP contribution in [-0.4, -0.2) is 44.0 Å². The fourth-order valence-corrected chi connectivity index (χ4v) is 3.72. The van der Waals surface area contributed by atoms with E-state index in [9.17, 15) is 13.2 Å². The second-order valence-electron chi connectivity index (χ2n) is 5.44. The van der Waals surface area contributed by atoms with Crippen LogP contribution in [0.25, 0.3) is 6.08 Å². The summed E-state index contributed by atoms with van der Waals surface area (Å²) in [5.41, 5.74) is 1.06. The Balaban J connectivity index is 1.89. The highest BCUT2D eigenvalue weighted by molar-refractivity contribution is 7.88. The fraction of sp³-hybridized carbons (Fsp3) is 0.438. The third-order valence-electron chi connectivity index (χ3n) is 3.69. The Hall–Kier alpha value is -1.66. The zero-order chi connectivity index (χ0) is 16.0. The Labute approximate surface area is 132 Å². The van der Waals surface area contributed by atoms with Crippen LogP contribution in [0.5, 0.6) is 0 Å². The van der Waals surface area contributed by atoms with Crippen molar-refractivity contribution in [3.63, 3.8) is 0 Å². The number of sulfonamides is 1. The van der Waals surface area contributed by atoms with E-state index in [0.29, 0.717) is 19.5 Å². The van der Waals surface area contributed by atoms with Crippen LogP contribution in [0, 0.1) is 0 Å². The van der Waals surface area contributed by atoms with Crippen LogP contribution < -0.4 is 5.32 Å². The number of hydrogen-bond donors (Lipinski definition) is 1. The smallest absolute Gasteiger partial charge is 0.238 e. The molecule has 1 atom stereocenters. The first kappa shape index (κ1) is 16.7. The summed E-state index contributed by atoms with van der Waals surface area (Å²) in [6, 6.07) is 9.22. The number of amides is 1. The fourth-order valence-electron chi connectivity index (χ4n) is 2.60. The number of carbonyl (C=O) groups excluding carboxylic acids is 1. The molecule has 1 N–H and O–H groups in total. The molecule has 1 aromatic rings. The van der Waals surface area contributed by atoms with E-state index >= 15 is 0 Å². The molecule has 1 amide bonds. The normalized spacial score (nSPS) is 20.1. The summed E-state index contributed by atoms with van der Waals surface area (Å²) in [4.78, 5) is 12.2. The number of hydrogen-bond acceptors (Lipinski definition) is 3. The maximum absolute atomic E-state index is 12.2. The summed E-state index contributed by atoms with van der Waals surface area (Å²) in [6.45, 7) is 0.818. The van der Waals surface area contributed by atoms with Gasteiger partial charge in [-0.2, -0.15) is 4.31 Å². The van der Waals surface area contributed by atoms with E-state index in [1.54, 1.807) is 0 Å². The van der Waals surface area contributed by atoms with Crippen LogP contribution in [0.4, 0.5) is 0 Å². The highest BCUT2D eigenvalue weighted by Crippen LogP contribution is 2.19. The van der Waals surface area contributed by atoms with Gasteiger partial charge in [0, 0.05) is 13.1 Å². The average molecular weight is 322 g/mol. The molecule has 2 rings (SSSR count). The molecule has 0 unspecified atom stereocenters. The molecule has 120 valence electrons. The van der Waals surface area contributed by atoms with Crippen molar-refractivity contribution in [2.45, 2.75) is 25.3 Å². The number of piperidine rings is 1. The van der Waals surface area contributed by atoms with Gasteiger partial charge in [-0.15, -0.1) is 0 Å². The molecular weight excluding hydrogens is 300 g/mol. The van der Waals surface area contributed by atoms with Gasteiger partial charge in [-0.1, -0.05) is 48.9 Å². The van der Waals surface area contributed by atoms with Gasteiger partial charge >= 0.3 is 0 Å². The monoisotopic (exact) mass is 322 g/mol. The summed E-state index contributed by atoms with van der Waals surface area (Å²) in [5, 5.41) is 2.79. The Morgan fingerprint density at radius 1 is 1.32 bits per heavy atom. The molecule has 1 fully saturated rings. The van der Waals surface area contributed by atoms with Crippen molar-refractivity contribution in [1.29, 1.82) is 0 Å². The second-order valence-corrected chi connectivity index (χ2v) is 7.38. The Morgan fingerprint density at radius 2 is 2.05 bits per heavy atom. The molecule has 1 aromatic carbocycles. The van der Waals surface area contributed by atoms with E-state index in [4.69, 9.17) is 0 Å². The lowest BCUT2D eigenvalue weighted by molar-refractivity contribution is -0.125. The van der Waals surface area contributed by atoms with Crippen molar-refractivity contribution in [3.8, 4) is 0 Å². The van der Waals surface area contributed by atoms with Crippen LogP contribution in [0.3, 0.4) is 0 Å². The van der Waals surface area contributed by atoms with Gasteiger partial charge < -0.3 is 5.32 Å². The van der Waals surface area contributed by atoms with Crippen LogP contribution in [-0.2, 0) is 14.8 Å². The maximum Gasteiger partial charge on any atom is 0.238 e. The van der Waals surface area contributed by atoms with Crippen molar-refractivity contribution >= 4 is 22.0 Å². The number of rotatable bonds is 5. The third kappa shape index (κ3) is 4.68. The van der Waals surface area contributed by atoms with Crippen molar-refractivity contribution in [2.75, 3.05) is 19.3 Å². The number of benzene rings is 1. The molecule has 5 nitrogen and oxygen atoms in total. The molecule has 0 spiro atoms. The lowest BCUT2D eigenvalue weighted by Crippen LogP contribution is -2.51. The van der Waals surface area contributed by atoms with Crippen molar-refractivity contribution < 1.29 is 13.2 Å². The quantitative estimate of drug-likeness (QED) is 0.896. The summed E-state index contributed by atoms with van der Waals surface area (Å²) in [6.07, 6.45) is 7.22. The zero-order valence-corrected chi connectivity index (χ0v) is 13.6. The third-order valence-corrected chi connectivity index (χ3v) is 4.98. The maximum atomic E-state index is 12.2. The predicted octanol–water partition coefficient (Wildman–Crippen LogP) is 1.63. The molecule has 0 aromatic heterocycles. The molecule has 0 saturated carbocycles. The molecule has 22 heavy (non-hydrogen) atoms. The minimum Gasteiger partial charge on any atom is -0.351 e. The summed E-state index contributed by atoms with van der Waals surface area (Å²) < 4.78 is 24.8. The predicted molar refractivity (Wildman–Crippen MR) is 87.7 cm³/mol. The lowest BCUT2D eigenvalue weighted by atomic mass is 10.0. The molecule has 0 radical (unpaired) electrons. The highest BCUT2D eigenvalue weighted by Gasteiger charge is 2.33. The van der Waals surface area contributed by atoms with Gasteiger partial charge in [-0.25, -0.2) is 8.42 Å². The second kappa shape index (κ2) is 7.56. The average Bonchev–Trinajstić information content (AvgIpc) is 2.51. The first-order valence-corrected chi connectivity index (χ1v) is 9.29. The van der Waals surface area contributed by atoms with Gasteiger partial charge in [0.05, 0.1) is 6.26 Å². The van der Waals surface area contributed by atoms with E-state index in [-0.39, 0.29) is 5.91 Å². The molecular formula is C16H22N2O3S. The summed E-state index contributed by atoms with van der Waals surface area (Å²) in [7, 11) is -3.34. The molecule has 1 aliphatic rings. The molecule has 1 saturated heterocycles. The molecule has 0 bridgehead atoms. The first-order chi connectivity index (χ1) is 10.5. The van der Waals surface area contributed by atoms with Crippen LogP contribution in [0.15, 0.2) is 36.4 Å². The highest BCUT2D eigenvalue weighted by atomic mass is 32.2.